The van der Waals surface area contributed by atoms with Crippen molar-refractivity contribution in [3.63, 3.8) is 0 Å². The van der Waals surface area contributed by atoms with Crippen LogP contribution < -0.4 is 4.90 Å². The van der Waals surface area contributed by atoms with Crippen LogP contribution in [0.25, 0.3) is 44.5 Å². The van der Waals surface area contributed by atoms with Gasteiger partial charge in [0, 0.05) is 67.8 Å². The molecule has 2 aromatic heterocycles. The number of benzene rings is 5. The Morgan fingerprint density at radius 1 is 0.619 bits per heavy atom. The lowest BCUT2D eigenvalue weighted by Crippen LogP contribution is -2.19. The molecular weight excluding hydrogens is 510 g/mol. The number of aromatic nitrogens is 2. The van der Waals surface area contributed by atoms with Crippen LogP contribution in [-0.2, 0) is 13.0 Å². The van der Waals surface area contributed by atoms with Crippen molar-refractivity contribution in [2.75, 3.05) is 4.90 Å². The van der Waals surface area contributed by atoms with Gasteiger partial charge in [-0.05, 0) is 93.4 Å². The Balaban J connectivity index is 1.35. The van der Waals surface area contributed by atoms with E-state index >= 15 is 0 Å². The first-order valence-electron chi connectivity index (χ1n) is 15.0. The van der Waals surface area contributed by atoms with E-state index in [1.165, 1.54) is 72.3 Å². The summed E-state index contributed by atoms with van der Waals surface area (Å²) in [4.78, 5) is 2.47. The third-order valence-electron chi connectivity index (χ3n) is 8.84. The Morgan fingerprint density at radius 3 is 2.14 bits per heavy atom. The zero-order valence-corrected chi connectivity index (χ0v) is 24.1. The van der Waals surface area contributed by atoms with E-state index in [2.05, 4.69) is 155 Å². The molecule has 3 nitrogen and oxygen atoms in total. The molecule has 0 amide bonds. The van der Waals surface area contributed by atoms with Crippen LogP contribution in [0.2, 0.25) is 0 Å². The molecule has 42 heavy (non-hydrogen) atoms. The zero-order valence-electron chi connectivity index (χ0n) is 24.1. The standard InChI is InChI=1S/C39H33N3/c1-3-40-36-17-11-10-16-32(36)34-25-30(19-22-37(34)40)41(28-12-6-4-7-13-28)31-20-23-39-35(26-31)33-24-27(2)18-21-38(33)42(39)29-14-8-5-9-15-29/h4-19,21-22,24-26H,3,20,23H2,1-2H3. The van der Waals surface area contributed by atoms with Crippen molar-refractivity contribution in [3.8, 4) is 5.69 Å². The molecule has 2 heterocycles. The summed E-state index contributed by atoms with van der Waals surface area (Å²) in [6.45, 7) is 5.37. The molecular formula is C39H33N3. The van der Waals surface area contributed by atoms with Gasteiger partial charge < -0.3 is 14.0 Å². The summed E-state index contributed by atoms with van der Waals surface area (Å²) in [6, 6.07) is 44.3. The van der Waals surface area contributed by atoms with Crippen LogP contribution in [0.1, 0.15) is 30.2 Å². The Labute approximate surface area is 246 Å². The normalized spacial score (nSPS) is 13.0. The average molecular weight is 544 g/mol. The maximum Gasteiger partial charge on any atom is 0.0537 e. The quantitative estimate of drug-likeness (QED) is 0.210. The van der Waals surface area contributed by atoms with E-state index in [1.807, 2.05) is 0 Å². The molecule has 0 N–H and O–H groups in total. The third kappa shape index (κ3) is 3.81. The summed E-state index contributed by atoms with van der Waals surface area (Å²) in [5, 5.41) is 3.94. The lowest BCUT2D eigenvalue weighted by molar-refractivity contribution is 0.827. The van der Waals surface area contributed by atoms with Crippen molar-refractivity contribution >= 4 is 50.2 Å². The van der Waals surface area contributed by atoms with E-state index in [0.29, 0.717) is 0 Å². The molecule has 0 fully saturated rings. The molecule has 1 aliphatic carbocycles. The Bertz CT molecular complexity index is 2130. The van der Waals surface area contributed by atoms with Gasteiger partial charge in [0.25, 0.3) is 0 Å². The fourth-order valence-electron chi connectivity index (χ4n) is 7.00. The molecule has 0 saturated carbocycles. The van der Waals surface area contributed by atoms with E-state index in [-0.39, 0.29) is 0 Å². The molecule has 0 radical (unpaired) electrons. The smallest absolute Gasteiger partial charge is 0.0537 e. The molecule has 7 aromatic rings. The van der Waals surface area contributed by atoms with Gasteiger partial charge in [-0.2, -0.15) is 0 Å². The molecule has 0 aliphatic heterocycles. The maximum absolute atomic E-state index is 2.47. The summed E-state index contributed by atoms with van der Waals surface area (Å²) < 4.78 is 4.89. The highest BCUT2D eigenvalue weighted by Gasteiger charge is 2.25. The first kappa shape index (κ1) is 24.8. The van der Waals surface area contributed by atoms with Crippen molar-refractivity contribution in [3.05, 3.63) is 144 Å². The number of fused-ring (bicyclic) bond motifs is 6. The van der Waals surface area contributed by atoms with Crippen LogP contribution in [0, 0.1) is 6.92 Å². The van der Waals surface area contributed by atoms with Gasteiger partial charge in [0.2, 0.25) is 0 Å². The number of hydrogen-bond acceptors (Lipinski definition) is 1. The SMILES string of the molecule is CCn1c2ccccc2c2cc(N(C3=Cc4c(n(-c5ccccc5)c5ccc(C)cc45)CC3)c3ccccc3)ccc21. The molecule has 8 rings (SSSR count). The molecule has 204 valence electrons. The summed E-state index contributed by atoms with van der Waals surface area (Å²) in [5.74, 6) is 0. The van der Waals surface area contributed by atoms with Crippen LogP contribution >= 0.6 is 0 Å². The first-order valence-corrected chi connectivity index (χ1v) is 15.0. The van der Waals surface area contributed by atoms with E-state index in [0.717, 1.165) is 19.4 Å². The average Bonchev–Trinajstić information content (AvgIpc) is 3.53. The van der Waals surface area contributed by atoms with Crippen molar-refractivity contribution in [1.29, 1.82) is 0 Å². The van der Waals surface area contributed by atoms with Crippen molar-refractivity contribution in [1.82, 2.24) is 9.13 Å². The van der Waals surface area contributed by atoms with Gasteiger partial charge in [-0.15, -0.1) is 0 Å². The Kier molecular flexibility index (Phi) is 5.78. The highest BCUT2D eigenvalue weighted by molar-refractivity contribution is 6.09. The number of allylic oxidation sites excluding steroid dienone is 1. The molecule has 3 heteroatoms. The highest BCUT2D eigenvalue weighted by Crippen LogP contribution is 2.42. The lowest BCUT2D eigenvalue weighted by Gasteiger charge is -2.30. The fourth-order valence-corrected chi connectivity index (χ4v) is 7.00. The van der Waals surface area contributed by atoms with Crippen LogP contribution in [0.3, 0.4) is 0 Å². The van der Waals surface area contributed by atoms with E-state index in [4.69, 9.17) is 0 Å². The van der Waals surface area contributed by atoms with Gasteiger partial charge in [-0.1, -0.05) is 66.2 Å². The number of nitrogens with zero attached hydrogens (tertiary/aromatic N) is 3. The molecule has 0 spiro atoms. The molecule has 0 unspecified atom stereocenters. The second-order valence-corrected chi connectivity index (χ2v) is 11.3. The van der Waals surface area contributed by atoms with Gasteiger partial charge in [-0.3, -0.25) is 0 Å². The number of aryl methyl sites for hydroxylation is 2. The highest BCUT2D eigenvalue weighted by atomic mass is 15.2. The van der Waals surface area contributed by atoms with Crippen molar-refractivity contribution in [2.24, 2.45) is 0 Å². The van der Waals surface area contributed by atoms with Crippen LogP contribution in [0.5, 0.6) is 0 Å². The van der Waals surface area contributed by atoms with Crippen LogP contribution in [-0.4, -0.2) is 9.13 Å². The summed E-state index contributed by atoms with van der Waals surface area (Å²) in [7, 11) is 0. The van der Waals surface area contributed by atoms with Crippen molar-refractivity contribution < 1.29 is 0 Å². The summed E-state index contributed by atoms with van der Waals surface area (Å²) in [6.07, 6.45) is 4.38. The fraction of sp³-hybridized carbons (Fsp3) is 0.128. The minimum absolute atomic E-state index is 0.949. The number of hydrogen-bond donors (Lipinski definition) is 0. The minimum atomic E-state index is 0.949. The van der Waals surface area contributed by atoms with Crippen LogP contribution in [0.15, 0.2) is 127 Å². The molecule has 1 aliphatic rings. The van der Waals surface area contributed by atoms with E-state index in [9.17, 15) is 0 Å². The third-order valence-corrected chi connectivity index (χ3v) is 8.84. The maximum atomic E-state index is 2.47. The lowest BCUT2D eigenvalue weighted by atomic mass is 9.97. The topological polar surface area (TPSA) is 13.1 Å². The van der Waals surface area contributed by atoms with Gasteiger partial charge in [0.1, 0.15) is 0 Å². The summed E-state index contributed by atoms with van der Waals surface area (Å²) in [5.41, 5.74) is 12.8. The number of rotatable bonds is 5. The van der Waals surface area contributed by atoms with Crippen LogP contribution in [0.4, 0.5) is 11.4 Å². The van der Waals surface area contributed by atoms with E-state index < -0.39 is 0 Å². The second-order valence-electron chi connectivity index (χ2n) is 11.3. The molecule has 0 saturated heterocycles. The molecule has 0 atom stereocenters. The van der Waals surface area contributed by atoms with Crippen molar-refractivity contribution in [2.45, 2.75) is 33.2 Å². The number of anilines is 2. The van der Waals surface area contributed by atoms with Gasteiger partial charge >= 0.3 is 0 Å². The Hall–Kier alpha value is -5.02. The second kappa shape index (κ2) is 9.81. The minimum Gasteiger partial charge on any atom is -0.341 e. The predicted octanol–water partition coefficient (Wildman–Crippen LogP) is 10.2. The van der Waals surface area contributed by atoms with Gasteiger partial charge in [0.15, 0.2) is 0 Å². The molecule has 0 bridgehead atoms. The van der Waals surface area contributed by atoms with E-state index in [1.54, 1.807) is 0 Å². The first-order chi connectivity index (χ1) is 20.7. The zero-order chi connectivity index (χ0) is 28.2. The van der Waals surface area contributed by atoms with Gasteiger partial charge in [0.05, 0.1) is 5.52 Å². The number of para-hydroxylation sites is 3. The molecule has 5 aromatic carbocycles. The summed E-state index contributed by atoms with van der Waals surface area (Å²) >= 11 is 0. The largest absolute Gasteiger partial charge is 0.341 e. The monoisotopic (exact) mass is 543 g/mol. The van der Waals surface area contributed by atoms with Gasteiger partial charge in [-0.25, -0.2) is 0 Å². The Morgan fingerprint density at radius 2 is 1.33 bits per heavy atom. The predicted molar refractivity (Wildman–Crippen MR) is 178 cm³/mol.